The second kappa shape index (κ2) is 12.9. The third-order valence-electron chi connectivity index (χ3n) is 4.46. The molecule has 0 aromatic carbocycles. The Kier molecular flexibility index (Phi) is 10.9. The third kappa shape index (κ3) is 6.74. The lowest BCUT2D eigenvalue weighted by molar-refractivity contribution is -0.168. The molecule has 0 aliphatic rings. The van der Waals surface area contributed by atoms with E-state index in [1.807, 2.05) is 6.92 Å². The van der Waals surface area contributed by atoms with Crippen LogP contribution in [0.4, 0.5) is 0 Å². The predicted molar refractivity (Wildman–Crippen MR) is 109 cm³/mol. The quantitative estimate of drug-likeness (QED) is 0.274. The van der Waals surface area contributed by atoms with Crippen LogP contribution in [0.1, 0.15) is 71.6 Å². The molecule has 1 rings (SSSR count). The van der Waals surface area contributed by atoms with Crippen LogP contribution in [0.5, 0.6) is 5.88 Å². The number of hydrogen-bond acceptors (Lipinski definition) is 8. The number of nitrogens with zero attached hydrogens (tertiary/aromatic N) is 1. The van der Waals surface area contributed by atoms with Gasteiger partial charge in [-0.3, -0.25) is 4.79 Å². The van der Waals surface area contributed by atoms with Crippen LogP contribution in [0, 0.1) is 0 Å². The summed E-state index contributed by atoms with van der Waals surface area (Å²) in [6.07, 6.45) is 4.38. The van der Waals surface area contributed by atoms with E-state index in [0.29, 0.717) is 24.5 Å². The molecular formula is C21H34N2O7. The van der Waals surface area contributed by atoms with Crippen LogP contribution in [0.15, 0.2) is 4.52 Å². The molecule has 9 heteroatoms. The molecule has 9 nitrogen and oxygen atoms in total. The minimum Gasteiger partial charge on any atom is -0.476 e. The normalized spacial score (nSPS) is 11.1. The summed E-state index contributed by atoms with van der Waals surface area (Å²) in [5.41, 5.74) is -1.39. The lowest BCUT2D eigenvalue weighted by Gasteiger charge is -2.29. The Bertz CT molecular complexity index is 682. The second-order valence-electron chi connectivity index (χ2n) is 6.84. The van der Waals surface area contributed by atoms with Gasteiger partial charge in [0.25, 0.3) is 5.88 Å². The minimum absolute atomic E-state index is 0.0318. The van der Waals surface area contributed by atoms with Crippen molar-refractivity contribution in [3.63, 3.8) is 0 Å². The van der Waals surface area contributed by atoms with E-state index in [2.05, 4.69) is 17.4 Å². The van der Waals surface area contributed by atoms with E-state index in [1.54, 1.807) is 13.8 Å². The molecule has 1 N–H and O–H groups in total. The Morgan fingerprint density at radius 3 is 2.10 bits per heavy atom. The number of amides is 1. The minimum atomic E-state index is -2.07. The molecule has 0 spiro atoms. The highest BCUT2D eigenvalue weighted by Gasteiger charge is 2.51. The summed E-state index contributed by atoms with van der Waals surface area (Å²) in [6, 6.07) is 0. The van der Waals surface area contributed by atoms with Crippen molar-refractivity contribution in [2.24, 2.45) is 0 Å². The molecule has 0 saturated carbocycles. The molecule has 0 aliphatic heterocycles. The van der Waals surface area contributed by atoms with Gasteiger partial charge in [0, 0.05) is 6.92 Å². The van der Waals surface area contributed by atoms with Crippen LogP contribution in [0.3, 0.4) is 0 Å². The second-order valence-corrected chi connectivity index (χ2v) is 6.84. The highest BCUT2D eigenvalue weighted by Crippen LogP contribution is 2.29. The molecule has 0 radical (unpaired) electrons. The SMILES string of the molecule is CCCCCCc1c(OCC)noc1CC(NC(C)=O)(C(=O)OCC)C(=O)OCC. The molecule has 1 heterocycles. The number of esters is 2. The van der Waals surface area contributed by atoms with Crippen molar-refractivity contribution in [2.75, 3.05) is 19.8 Å². The van der Waals surface area contributed by atoms with Crippen LogP contribution < -0.4 is 10.1 Å². The van der Waals surface area contributed by atoms with E-state index in [0.717, 1.165) is 25.7 Å². The molecule has 0 bridgehead atoms. The fraction of sp³-hybridized carbons (Fsp3) is 0.714. The molecule has 1 aromatic heterocycles. The number of unbranched alkanes of at least 4 members (excludes halogenated alkanes) is 3. The Morgan fingerprint density at radius 1 is 0.967 bits per heavy atom. The maximum Gasteiger partial charge on any atom is 0.344 e. The Balaban J connectivity index is 3.36. The highest BCUT2D eigenvalue weighted by atomic mass is 16.6. The Morgan fingerprint density at radius 2 is 1.60 bits per heavy atom. The number of aromatic nitrogens is 1. The van der Waals surface area contributed by atoms with Gasteiger partial charge in [-0.1, -0.05) is 26.2 Å². The van der Waals surface area contributed by atoms with Crippen LogP contribution in [0.2, 0.25) is 0 Å². The first kappa shape index (κ1) is 25.5. The van der Waals surface area contributed by atoms with Gasteiger partial charge in [0.15, 0.2) is 0 Å². The van der Waals surface area contributed by atoms with Crippen molar-refractivity contribution in [2.45, 2.75) is 78.7 Å². The maximum atomic E-state index is 12.8. The standard InChI is InChI=1S/C21H34N2O7/c1-6-10-11-12-13-16-17(30-23-18(16)27-7-2)14-21(22-15(5)24,19(25)28-8-3)20(26)29-9-4/h6-14H2,1-5H3,(H,22,24). The van der Waals surface area contributed by atoms with E-state index in [9.17, 15) is 14.4 Å². The topological polar surface area (TPSA) is 117 Å². The first-order chi connectivity index (χ1) is 14.4. The monoisotopic (exact) mass is 426 g/mol. The van der Waals surface area contributed by atoms with E-state index in [4.69, 9.17) is 18.7 Å². The van der Waals surface area contributed by atoms with Gasteiger partial charge in [0.1, 0.15) is 5.76 Å². The van der Waals surface area contributed by atoms with E-state index < -0.39 is 23.4 Å². The molecule has 0 atom stereocenters. The van der Waals surface area contributed by atoms with Gasteiger partial charge in [-0.15, -0.1) is 0 Å². The summed E-state index contributed by atoms with van der Waals surface area (Å²) >= 11 is 0. The van der Waals surface area contributed by atoms with Gasteiger partial charge in [-0.2, -0.15) is 0 Å². The van der Waals surface area contributed by atoms with Crippen LogP contribution in [0.25, 0.3) is 0 Å². The number of carbonyl (C=O) groups is 3. The molecule has 1 aromatic rings. The summed E-state index contributed by atoms with van der Waals surface area (Å²) in [6.45, 7) is 8.84. The largest absolute Gasteiger partial charge is 0.476 e. The fourth-order valence-corrected chi connectivity index (χ4v) is 3.11. The lowest BCUT2D eigenvalue weighted by atomic mass is 9.91. The Labute approximate surface area is 177 Å². The highest BCUT2D eigenvalue weighted by molar-refractivity contribution is 6.08. The average molecular weight is 427 g/mol. The average Bonchev–Trinajstić information content (AvgIpc) is 3.06. The Hall–Kier alpha value is -2.58. The summed E-state index contributed by atoms with van der Waals surface area (Å²) in [5, 5.41) is 6.40. The van der Waals surface area contributed by atoms with E-state index in [1.165, 1.54) is 6.92 Å². The van der Waals surface area contributed by atoms with Crippen LogP contribution in [-0.4, -0.2) is 48.4 Å². The first-order valence-electron chi connectivity index (χ1n) is 10.6. The van der Waals surface area contributed by atoms with Gasteiger partial charge in [-0.25, -0.2) is 9.59 Å². The summed E-state index contributed by atoms with van der Waals surface area (Å²) < 4.78 is 21.2. The molecule has 0 unspecified atom stereocenters. The number of rotatable bonds is 14. The summed E-state index contributed by atoms with van der Waals surface area (Å²) in [7, 11) is 0. The van der Waals surface area contributed by atoms with E-state index >= 15 is 0 Å². The van der Waals surface area contributed by atoms with Crippen LogP contribution >= 0.6 is 0 Å². The third-order valence-corrected chi connectivity index (χ3v) is 4.46. The zero-order valence-corrected chi connectivity index (χ0v) is 18.7. The van der Waals surface area contributed by atoms with Gasteiger partial charge >= 0.3 is 11.9 Å². The zero-order chi connectivity index (χ0) is 22.6. The molecule has 0 saturated heterocycles. The van der Waals surface area contributed by atoms with Gasteiger partial charge in [0.2, 0.25) is 11.4 Å². The molecular weight excluding hydrogens is 392 g/mol. The fourth-order valence-electron chi connectivity index (χ4n) is 3.11. The van der Waals surface area contributed by atoms with Crippen molar-refractivity contribution in [3.8, 4) is 5.88 Å². The van der Waals surface area contributed by atoms with Crippen molar-refractivity contribution in [3.05, 3.63) is 11.3 Å². The van der Waals surface area contributed by atoms with Gasteiger partial charge in [0.05, 0.1) is 31.8 Å². The van der Waals surface area contributed by atoms with Crippen molar-refractivity contribution in [1.29, 1.82) is 0 Å². The lowest BCUT2D eigenvalue weighted by Crippen LogP contribution is -2.62. The number of nitrogens with one attached hydrogen (secondary N) is 1. The smallest absolute Gasteiger partial charge is 0.344 e. The molecule has 170 valence electrons. The van der Waals surface area contributed by atoms with Crippen molar-refractivity contribution < 1.29 is 33.1 Å². The molecule has 30 heavy (non-hydrogen) atoms. The molecule has 0 fully saturated rings. The van der Waals surface area contributed by atoms with Crippen LogP contribution in [-0.2, 0) is 36.7 Å². The molecule has 1 amide bonds. The zero-order valence-electron chi connectivity index (χ0n) is 18.7. The molecule has 0 aliphatic carbocycles. The van der Waals surface area contributed by atoms with Gasteiger partial charge in [-0.05, 0) is 38.8 Å². The van der Waals surface area contributed by atoms with Crippen molar-refractivity contribution in [1.82, 2.24) is 10.5 Å². The predicted octanol–water partition coefficient (Wildman–Crippen LogP) is 2.74. The number of hydrogen-bond donors (Lipinski definition) is 1. The number of ether oxygens (including phenoxy) is 3. The first-order valence-corrected chi connectivity index (χ1v) is 10.6. The van der Waals surface area contributed by atoms with Crippen molar-refractivity contribution >= 4 is 17.8 Å². The maximum absolute atomic E-state index is 12.8. The summed E-state index contributed by atoms with van der Waals surface area (Å²) in [5.74, 6) is -1.79. The summed E-state index contributed by atoms with van der Waals surface area (Å²) in [4.78, 5) is 37.6. The van der Waals surface area contributed by atoms with E-state index in [-0.39, 0.29) is 25.4 Å². The number of carbonyl (C=O) groups excluding carboxylic acids is 3. The van der Waals surface area contributed by atoms with Gasteiger partial charge < -0.3 is 24.1 Å².